The van der Waals surface area contributed by atoms with E-state index in [0.717, 1.165) is 0 Å². The maximum Gasteiger partial charge on any atom is 0.306 e. The standard InChI is InChI=1S/C20H24FN3O5/c1-12(19(27)23-8-6-13(7-9-23)20(28)29)22-18(26)14-10-17(25)24(11-14)16-4-2-15(21)3-5-16/h2-5,12-14H,6-11H2,1H3,(H,22,26)(H,28,29)/t12-,14-/m0/s1. The number of nitrogens with zero attached hydrogens (tertiary/aromatic N) is 2. The largest absolute Gasteiger partial charge is 0.481 e. The van der Waals surface area contributed by atoms with Gasteiger partial charge < -0.3 is 20.2 Å². The Kier molecular flexibility index (Phi) is 6.14. The summed E-state index contributed by atoms with van der Waals surface area (Å²) in [5.74, 6) is -3.17. The van der Waals surface area contributed by atoms with Crippen molar-refractivity contribution in [2.45, 2.75) is 32.2 Å². The number of rotatable bonds is 5. The van der Waals surface area contributed by atoms with Gasteiger partial charge in [0, 0.05) is 31.7 Å². The van der Waals surface area contributed by atoms with Gasteiger partial charge in [0.25, 0.3) is 0 Å². The van der Waals surface area contributed by atoms with Crippen molar-refractivity contribution >= 4 is 29.4 Å². The molecule has 2 aliphatic rings. The van der Waals surface area contributed by atoms with Crippen molar-refractivity contribution in [1.29, 1.82) is 0 Å². The lowest BCUT2D eigenvalue weighted by Gasteiger charge is -2.32. The molecule has 0 aromatic heterocycles. The Morgan fingerprint density at radius 3 is 2.34 bits per heavy atom. The Bertz CT molecular complexity index is 805. The van der Waals surface area contributed by atoms with Gasteiger partial charge in [0.15, 0.2) is 0 Å². The first-order valence-electron chi connectivity index (χ1n) is 9.64. The number of carboxylic acid groups (broad SMARTS) is 1. The predicted molar refractivity (Wildman–Crippen MR) is 101 cm³/mol. The van der Waals surface area contributed by atoms with E-state index in [2.05, 4.69) is 5.32 Å². The van der Waals surface area contributed by atoms with Crippen LogP contribution in [-0.2, 0) is 19.2 Å². The van der Waals surface area contributed by atoms with Crippen molar-refractivity contribution in [3.63, 3.8) is 0 Å². The Morgan fingerprint density at radius 2 is 1.76 bits per heavy atom. The lowest BCUT2D eigenvalue weighted by atomic mass is 9.96. The van der Waals surface area contributed by atoms with Crippen LogP contribution in [0.1, 0.15) is 26.2 Å². The molecule has 0 spiro atoms. The zero-order chi connectivity index (χ0) is 21.1. The first-order valence-corrected chi connectivity index (χ1v) is 9.64. The lowest BCUT2D eigenvalue weighted by Crippen LogP contribution is -2.51. The van der Waals surface area contributed by atoms with Gasteiger partial charge in [0.05, 0.1) is 11.8 Å². The Balaban J connectivity index is 1.53. The van der Waals surface area contributed by atoms with Crippen molar-refractivity contribution in [2.75, 3.05) is 24.5 Å². The van der Waals surface area contributed by atoms with Gasteiger partial charge in [-0.2, -0.15) is 0 Å². The fourth-order valence-electron chi connectivity index (χ4n) is 3.77. The average molecular weight is 405 g/mol. The highest BCUT2D eigenvalue weighted by Gasteiger charge is 2.37. The maximum atomic E-state index is 13.1. The minimum atomic E-state index is -0.852. The van der Waals surface area contributed by atoms with Gasteiger partial charge in [0.2, 0.25) is 17.7 Å². The predicted octanol–water partition coefficient (Wildman–Crippen LogP) is 1.01. The second kappa shape index (κ2) is 8.59. The number of carbonyl (C=O) groups is 4. The number of piperidine rings is 1. The molecule has 0 aliphatic carbocycles. The van der Waals surface area contributed by atoms with E-state index in [1.165, 1.54) is 29.2 Å². The molecule has 2 N–H and O–H groups in total. The van der Waals surface area contributed by atoms with Crippen LogP contribution < -0.4 is 10.2 Å². The van der Waals surface area contributed by atoms with Crippen LogP contribution in [0.25, 0.3) is 0 Å². The molecule has 156 valence electrons. The number of likely N-dealkylation sites (tertiary alicyclic amines) is 1. The highest BCUT2D eigenvalue weighted by Crippen LogP contribution is 2.25. The van der Waals surface area contributed by atoms with Crippen molar-refractivity contribution in [3.05, 3.63) is 30.1 Å². The summed E-state index contributed by atoms with van der Waals surface area (Å²) in [4.78, 5) is 51.4. The molecule has 0 unspecified atom stereocenters. The third-order valence-electron chi connectivity index (χ3n) is 5.52. The highest BCUT2D eigenvalue weighted by molar-refractivity contribution is 6.01. The van der Waals surface area contributed by atoms with Crippen molar-refractivity contribution in [1.82, 2.24) is 10.2 Å². The van der Waals surface area contributed by atoms with E-state index >= 15 is 0 Å². The maximum absolute atomic E-state index is 13.1. The molecule has 0 radical (unpaired) electrons. The molecule has 3 amide bonds. The molecule has 29 heavy (non-hydrogen) atoms. The molecule has 8 nitrogen and oxygen atoms in total. The number of halogens is 1. The van der Waals surface area contributed by atoms with Crippen LogP contribution in [0, 0.1) is 17.7 Å². The molecular formula is C20H24FN3O5. The van der Waals surface area contributed by atoms with E-state index < -0.39 is 29.7 Å². The summed E-state index contributed by atoms with van der Waals surface area (Å²) in [5, 5.41) is 11.7. The van der Waals surface area contributed by atoms with E-state index in [9.17, 15) is 23.6 Å². The van der Waals surface area contributed by atoms with Crippen LogP contribution in [0.15, 0.2) is 24.3 Å². The smallest absolute Gasteiger partial charge is 0.306 e. The Morgan fingerprint density at radius 1 is 1.14 bits per heavy atom. The van der Waals surface area contributed by atoms with Gasteiger partial charge in [-0.3, -0.25) is 19.2 Å². The first-order chi connectivity index (χ1) is 13.8. The summed E-state index contributed by atoms with van der Waals surface area (Å²) in [6, 6.07) is 4.72. The molecular weight excluding hydrogens is 381 g/mol. The zero-order valence-electron chi connectivity index (χ0n) is 16.1. The van der Waals surface area contributed by atoms with E-state index in [4.69, 9.17) is 5.11 Å². The minimum Gasteiger partial charge on any atom is -0.481 e. The molecule has 2 atom stereocenters. The Labute approximate surface area is 167 Å². The van der Waals surface area contributed by atoms with Gasteiger partial charge in [0.1, 0.15) is 11.9 Å². The number of amides is 3. The fraction of sp³-hybridized carbons (Fsp3) is 0.500. The van der Waals surface area contributed by atoms with Crippen molar-refractivity contribution in [3.8, 4) is 0 Å². The van der Waals surface area contributed by atoms with Crippen LogP contribution >= 0.6 is 0 Å². The number of nitrogens with one attached hydrogen (secondary N) is 1. The molecule has 0 saturated carbocycles. The van der Waals surface area contributed by atoms with Crippen LogP contribution in [0.2, 0.25) is 0 Å². The summed E-state index contributed by atoms with van der Waals surface area (Å²) < 4.78 is 13.1. The van der Waals surface area contributed by atoms with Crippen LogP contribution in [-0.4, -0.2) is 59.4 Å². The molecule has 3 rings (SSSR count). The third kappa shape index (κ3) is 4.72. The number of carboxylic acids is 1. The number of carbonyl (C=O) groups excluding carboxylic acids is 3. The number of hydrogen-bond acceptors (Lipinski definition) is 4. The molecule has 2 aliphatic heterocycles. The fourth-order valence-corrected chi connectivity index (χ4v) is 3.77. The van der Waals surface area contributed by atoms with Crippen molar-refractivity contribution in [2.24, 2.45) is 11.8 Å². The second-order valence-corrected chi connectivity index (χ2v) is 7.55. The summed E-state index contributed by atoms with van der Waals surface area (Å²) >= 11 is 0. The number of hydrogen-bond donors (Lipinski definition) is 2. The summed E-state index contributed by atoms with van der Waals surface area (Å²) in [5.41, 5.74) is 0.525. The summed E-state index contributed by atoms with van der Waals surface area (Å²) in [7, 11) is 0. The summed E-state index contributed by atoms with van der Waals surface area (Å²) in [6.45, 7) is 2.44. The number of benzene rings is 1. The highest BCUT2D eigenvalue weighted by atomic mass is 19.1. The molecule has 1 aromatic carbocycles. The quantitative estimate of drug-likeness (QED) is 0.760. The first kappa shape index (κ1) is 20.8. The lowest BCUT2D eigenvalue weighted by molar-refractivity contribution is -0.146. The van der Waals surface area contributed by atoms with E-state index in [-0.39, 0.29) is 30.7 Å². The second-order valence-electron chi connectivity index (χ2n) is 7.55. The van der Waals surface area contributed by atoms with Gasteiger partial charge in [-0.25, -0.2) is 4.39 Å². The zero-order valence-corrected chi connectivity index (χ0v) is 16.1. The van der Waals surface area contributed by atoms with Crippen molar-refractivity contribution < 1.29 is 28.7 Å². The van der Waals surface area contributed by atoms with Gasteiger partial charge >= 0.3 is 5.97 Å². The molecule has 1 aromatic rings. The number of anilines is 1. The average Bonchev–Trinajstić information content (AvgIpc) is 3.10. The van der Waals surface area contributed by atoms with Gasteiger partial charge in [-0.05, 0) is 44.0 Å². The van der Waals surface area contributed by atoms with E-state index in [1.807, 2.05) is 0 Å². The molecule has 9 heteroatoms. The third-order valence-corrected chi connectivity index (χ3v) is 5.52. The normalized spacial score (nSPS) is 21.2. The topological polar surface area (TPSA) is 107 Å². The SMILES string of the molecule is C[C@H](NC(=O)[C@H]1CC(=O)N(c2ccc(F)cc2)C1)C(=O)N1CCC(C(=O)O)CC1. The van der Waals surface area contributed by atoms with Crippen LogP contribution in [0.5, 0.6) is 0 Å². The van der Waals surface area contributed by atoms with Crippen LogP contribution in [0.4, 0.5) is 10.1 Å². The molecule has 0 bridgehead atoms. The van der Waals surface area contributed by atoms with Gasteiger partial charge in [-0.15, -0.1) is 0 Å². The number of aliphatic carboxylic acids is 1. The van der Waals surface area contributed by atoms with Crippen LogP contribution in [0.3, 0.4) is 0 Å². The minimum absolute atomic E-state index is 0.0220. The summed E-state index contributed by atoms with van der Waals surface area (Å²) in [6.07, 6.45) is 0.811. The molecule has 2 heterocycles. The van der Waals surface area contributed by atoms with Gasteiger partial charge in [-0.1, -0.05) is 0 Å². The Hall–Kier alpha value is -2.97. The van der Waals surface area contributed by atoms with E-state index in [0.29, 0.717) is 31.6 Å². The molecule has 2 saturated heterocycles. The van der Waals surface area contributed by atoms with E-state index in [1.54, 1.807) is 11.8 Å². The monoisotopic (exact) mass is 405 g/mol. The molecule has 2 fully saturated rings.